The molecule has 0 aromatic heterocycles. The zero-order valence-corrected chi connectivity index (χ0v) is 13.4. The smallest absolute Gasteiger partial charge is 0.221 e. The van der Waals surface area contributed by atoms with E-state index in [1.807, 2.05) is 30.3 Å². The van der Waals surface area contributed by atoms with Crippen LogP contribution in [0.3, 0.4) is 0 Å². The maximum absolute atomic E-state index is 11.8. The number of nitrogens with one attached hydrogen (secondary N) is 2. The third kappa shape index (κ3) is 4.09. The van der Waals surface area contributed by atoms with Crippen molar-refractivity contribution in [1.82, 2.24) is 10.6 Å². The molecule has 4 atom stereocenters. The van der Waals surface area contributed by atoms with Crippen LogP contribution in [-0.4, -0.2) is 58.7 Å². The SMILES string of the molecule is CNC(=O)C[C@@]1(CCCc2ccccc2)N[C@H](CO)[C@@H](O)[C@@H]1O. The highest BCUT2D eigenvalue weighted by molar-refractivity contribution is 5.77. The van der Waals surface area contributed by atoms with Crippen molar-refractivity contribution in [3.63, 3.8) is 0 Å². The van der Waals surface area contributed by atoms with E-state index in [1.165, 1.54) is 5.56 Å². The molecule has 1 aliphatic heterocycles. The highest BCUT2D eigenvalue weighted by Crippen LogP contribution is 2.32. The molecule has 128 valence electrons. The summed E-state index contributed by atoms with van der Waals surface area (Å²) in [6.45, 7) is -0.285. The molecule has 1 amide bonds. The standard InChI is InChI=1S/C17H26N2O4/c1-18-14(21)10-17(16(23)15(22)13(11-20)19-17)9-5-8-12-6-3-2-4-7-12/h2-4,6-7,13,15-16,19-20,22-23H,5,8-11H2,1H3,(H,18,21)/t13-,15-,16+,17-/m1/s1. The molecule has 0 bridgehead atoms. The number of hydrogen-bond donors (Lipinski definition) is 5. The van der Waals surface area contributed by atoms with E-state index in [0.717, 1.165) is 12.8 Å². The predicted molar refractivity (Wildman–Crippen MR) is 86.8 cm³/mol. The molecule has 0 radical (unpaired) electrons. The van der Waals surface area contributed by atoms with E-state index in [9.17, 15) is 20.1 Å². The summed E-state index contributed by atoms with van der Waals surface area (Å²) >= 11 is 0. The van der Waals surface area contributed by atoms with Crippen molar-refractivity contribution in [2.45, 2.75) is 49.5 Å². The van der Waals surface area contributed by atoms with Gasteiger partial charge in [-0.1, -0.05) is 30.3 Å². The van der Waals surface area contributed by atoms with Crippen LogP contribution in [0.1, 0.15) is 24.8 Å². The summed E-state index contributed by atoms with van der Waals surface area (Å²) in [5.74, 6) is -0.206. The lowest BCUT2D eigenvalue weighted by atomic mass is 9.83. The van der Waals surface area contributed by atoms with Gasteiger partial charge < -0.3 is 26.0 Å². The maximum Gasteiger partial charge on any atom is 0.221 e. The monoisotopic (exact) mass is 322 g/mol. The van der Waals surface area contributed by atoms with Crippen LogP contribution < -0.4 is 10.6 Å². The number of carbonyl (C=O) groups excluding carboxylic acids is 1. The highest BCUT2D eigenvalue weighted by atomic mass is 16.3. The Morgan fingerprint density at radius 3 is 2.57 bits per heavy atom. The van der Waals surface area contributed by atoms with Crippen molar-refractivity contribution in [1.29, 1.82) is 0 Å². The van der Waals surface area contributed by atoms with Crippen molar-refractivity contribution >= 4 is 5.91 Å². The number of rotatable bonds is 7. The largest absolute Gasteiger partial charge is 0.395 e. The minimum absolute atomic E-state index is 0.0625. The number of amides is 1. The molecule has 1 aromatic carbocycles. The van der Waals surface area contributed by atoms with E-state index in [1.54, 1.807) is 7.05 Å². The molecular weight excluding hydrogens is 296 g/mol. The molecule has 0 saturated carbocycles. The minimum Gasteiger partial charge on any atom is -0.395 e. The van der Waals surface area contributed by atoms with Crippen molar-refractivity contribution < 1.29 is 20.1 Å². The van der Waals surface area contributed by atoms with Gasteiger partial charge in [0.25, 0.3) is 0 Å². The van der Waals surface area contributed by atoms with Gasteiger partial charge in [-0.15, -0.1) is 0 Å². The average molecular weight is 322 g/mol. The van der Waals surface area contributed by atoms with Crippen molar-refractivity contribution in [3.05, 3.63) is 35.9 Å². The Labute approximate surface area is 136 Å². The van der Waals surface area contributed by atoms with Gasteiger partial charge >= 0.3 is 0 Å². The van der Waals surface area contributed by atoms with Crippen molar-refractivity contribution in [2.24, 2.45) is 0 Å². The lowest BCUT2D eigenvalue weighted by molar-refractivity contribution is -0.123. The van der Waals surface area contributed by atoms with Gasteiger partial charge in [-0.05, 0) is 24.8 Å². The van der Waals surface area contributed by atoms with Crippen LogP contribution >= 0.6 is 0 Å². The van der Waals surface area contributed by atoms with E-state index in [4.69, 9.17) is 0 Å². The van der Waals surface area contributed by atoms with Crippen LogP contribution in [-0.2, 0) is 11.2 Å². The molecule has 1 saturated heterocycles. The molecule has 0 unspecified atom stereocenters. The Morgan fingerprint density at radius 1 is 1.30 bits per heavy atom. The summed E-state index contributed by atoms with van der Waals surface area (Å²) in [6, 6.07) is 9.37. The number of benzene rings is 1. The first-order valence-electron chi connectivity index (χ1n) is 8.01. The zero-order valence-electron chi connectivity index (χ0n) is 13.4. The summed E-state index contributed by atoms with van der Waals surface area (Å²) in [5, 5.41) is 35.5. The fourth-order valence-corrected chi connectivity index (χ4v) is 3.33. The molecule has 23 heavy (non-hydrogen) atoms. The molecule has 5 N–H and O–H groups in total. The van der Waals surface area contributed by atoms with Gasteiger partial charge in [-0.3, -0.25) is 4.79 Å². The van der Waals surface area contributed by atoms with Gasteiger partial charge in [-0.25, -0.2) is 0 Å². The van der Waals surface area contributed by atoms with Crippen LogP contribution in [0.25, 0.3) is 0 Å². The lowest BCUT2D eigenvalue weighted by Crippen LogP contribution is -2.52. The third-order valence-electron chi connectivity index (χ3n) is 4.66. The Hall–Kier alpha value is -1.47. The van der Waals surface area contributed by atoms with Crippen LogP contribution in [0.4, 0.5) is 0 Å². The molecule has 1 heterocycles. The van der Waals surface area contributed by atoms with Gasteiger partial charge in [-0.2, -0.15) is 0 Å². The fraction of sp³-hybridized carbons (Fsp3) is 0.588. The lowest BCUT2D eigenvalue weighted by Gasteiger charge is -2.33. The van der Waals surface area contributed by atoms with Crippen LogP contribution in [0.15, 0.2) is 30.3 Å². The second-order valence-electron chi connectivity index (χ2n) is 6.21. The topological polar surface area (TPSA) is 102 Å². The maximum atomic E-state index is 11.8. The Morgan fingerprint density at radius 2 is 2.00 bits per heavy atom. The van der Waals surface area contributed by atoms with Crippen molar-refractivity contribution in [2.75, 3.05) is 13.7 Å². The second-order valence-corrected chi connectivity index (χ2v) is 6.21. The molecule has 1 fully saturated rings. The van der Waals surface area contributed by atoms with Gasteiger partial charge in [0, 0.05) is 13.5 Å². The predicted octanol–water partition coefficient (Wildman–Crippen LogP) is -0.430. The number of aryl methyl sites for hydroxylation is 1. The van der Waals surface area contributed by atoms with Gasteiger partial charge in [0.2, 0.25) is 5.91 Å². The Bertz CT molecular complexity index is 511. The van der Waals surface area contributed by atoms with E-state index in [2.05, 4.69) is 10.6 Å². The zero-order chi connectivity index (χ0) is 16.9. The summed E-state index contributed by atoms with van der Waals surface area (Å²) in [7, 11) is 1.54. The molecule has 2 rings (SSSR count). The van der Waals surface area contributed by atoms with Crippen molar-refractivity contribution in [3.8, 4) is 0 Å². The average Bonchev–Trinajstić information content (AvgIpc) is 2.80. The van der Waals surface area contributed by atoms with Crippen LogP contribution in [0, 0.1) is 0 Å². The first-order chi connectivity index (χ1) is 11.0. The fourth-order valence-electron chi connectivity index (χ4n) is 3.33. The van der Waals surface area contributed by atoms with E-state index >= 15 is 0 Å². The first kappa shape index (κ1) is 17.9. The third-order valence-corrected chi connectivity index (χ3v) is 4.66. The summed E-state index contributed by atoms with van der Waals surface area (Å²) < 4.78 is 0. The molecular formula is C17H26N2O4. The highest BCUT2D eigenvalue weighted by Gasteiger charge is 2.52. The number of carbonyl (C=O) groups is 1. The molecule has 6 heteroatoms. The summed E-state index contributed by atoms with van der Waals surface area (Å²) in [5.41, 5.74) is 0.274. The first-order valence-corrected chi connectivity index (χ1v) is 8.01. The Balaban J connectivity index is 2.06. The Kier molecular flexibility index (Phi) is 6.12. The summed E-state index contributed by atoms with van der Waals surface area (Å²) in [6.07, 6.45) is 0.00606. The minimum atomic E-state index is -1.09. The quantitative estimate of drug-likeness (QED) is 0.469. The normalized spacial score (nSPS) is 30.3. The van der Waals surface area contributed by atoms with Gasteiger partial charge in [0.15, 0.2) is 0 Å². The molecule has 0 spiro atoms. The molecule has 0 aliphatic carbocycles. The number of hydrogen-bond acceptors (Lipinski definition) is 5. The van der Waals surface area contributed by atoms with E-state index in [0.29, 0.717) is 6.42 Å². The number of aliphatic hydroxyl groups is 3. The summed E-state index contributed by atoms with van der Waals surface area (Å²) in [4.78, 5) is 11.8. The second kappa shape index (κ2) is 7.88. The number of aliphatic hydroxyl groups excluding tert-OH is 3. The molecule has 1 aromatic rings. The van der Waals surface area contributed by atoms with E-state index < -0.39 is 23.8 Å². The molecule has 6 nitrogen and oxygen atoms in total. The van der Waals surface area contributed by atoms with E-state index in [-0.39, 0.29) is 18.9 Å². The van der Waals surface area contributed by atoms with Gasteiger partial charge in [0.05, 0.1) is 24.3 Å². The van der Waals surface area contributed by atoms with Gasteiger partial charge in [0.1, 0.15) is 6.10 Å². The molecule has 1 aliphatic rings. The van der Waals surface area contributed by atoms with Crippen LogP contribution in [0.5, 0.6) is 0 Å². The van der Waals surface area contributed by atoms with Crippen LogP contribution in [0.2, 0.25) is 0 Å².